The zero-order valence-electron chi connectivity index (χ0n) is 14.5. The molecule has 0 heterocycles. The molecule has 0 saturated carbocycles. The Hall–Kier alpha value is -1.83. The maximum atomic E-state index is 12.0. The molecular weight excluding hydrogens is 421 g/mol. The number of carbonyl (C=O) groups is 2. The predicted molar refractivity (Wildman–Crippen MR) is 102 cm³/mol. The van der Waals surface area contributed by atoms with Crippen LogP contribution in [0.2, 0.25) is 0 Å². The normalized spacial score (nSPS) is 12.1. The van der Waals surface area contributed by atoms with E-state index in [0.29, 0.717) is 3.58 Å². The first-order chi connectivity index (χ1) is 11.1. The third-order valence-corrected chi connectivity index (χ3v) is 4.44. The molecule has 2 N–H and O–H groups in total. The molecule has 1 aromatic carbocycles. The number of hydrogen-bond donors (Lipinski definition) is 1. The van der Waals surface area contributed by atoms with Gasteiger partial charge in [-0.05, 0) is 39.1 Å². The average molecular weight is 443 g/mol. The second kappa shape index (κ2) is 8.32. The molecule has 0 spiro atoms. The molecule has 0 amide bonds. The molecule has 0 unspecified atom stereocenters. The highest BCUT2D eigenvalue weighted by Gasteiger charge is 2.29. The summed E-state index contributed by atoms with van der Waals surface area (Å²) in [6.07, 6.45) is 0. The first-order valence-corrected chi connectivity index (χ1v) is 8.35. The third kappa shape index (κ3) is 4.59. The number of allylic oxidation sites excluding steroid dienone is 2. The highest BCUT2D eigenvalue weighted by atomic mass is 127. The van der Waals surface area contributed by atoms with Crippen LogP contribution in [0.15, 0.2) is 45.2 Å². The molecule has 0 fully saturated rings. The van der Waals surface area contributed by atoms with Crippen LogP contribution in [0, 0.1) is 5.41 Å². The fourth-order valence-corrected chi connectivity index (χ4v) is 3.64. The van der Waals surface area contributed by atoms with Crippen molar-refractivity contribution in [2.24, 2.45) is 11.1 Å². The number of esters is 2. The largest absolute Gasteiger partial charge is 0.465 e. The Morgan fingerprint density at radius 2 is 1.46 bits per heavy atom. The third-order valence-electron chi connectivity index (χ3n) is 3.32. The average Bonchev–Trinajstić information content (AvgIpc) is 2.54. The zero-order chi connectivity index (χ0) is 18.5. The van der Waals surface area contributed by atoms with E-state index in [1.54, 1.807) is 0 Å². The maximum absolute atomic E-state index is 12.0. The van der Waals surface area contributed by atoms with Crippen molar-refractivity contribution in [3.05, 3.63) is 50.7 Å². The van der Waals surface area contributed by atoms with Gasteiger partial charge in [0.15, 0.2) is 5.57 Å². The number of rotatable bonds is 4. The Labute approximate surface area is 156 Å². The van der Waals surface area contributed by atoms with Crippen molar-refractivity contribution in [2.45, 2.75) is 20.8 Å². The van der Waals surface area contributed by atoms with Crippen LogP contribution in [0.25, 0.3) is 5.57 Å². The van der Waals surface area contributed by atoms with Crippen LogP contribution in [0.4, 0.5) is 0 Å². The van der Waals surface area contributed by atoms with Crippen LogP contribution in [0.1, 0.15) is 26.3 Å². The molecular formula is C18H22INO4. The van der Waals surface area contributed by atoms with Crippen LogP contribution in [0.5, 0.6) is 0 Å². The quantitative estimate of drug-likeness (QED) is 0.193. The predicted octanol–water partition coefficient (Wildman–Crippen LogP) is 3.44. The van der Waals surface area contributed by atoms with Gasteiger partial charge in [-0.1, -0.05) is 51.1 Å². The Morgan fingerprint density at radius 3 is 1.83 bits per heavy atom. The molecule has 0 bridgehead atoms. The molecule has 0 radical (unpaired) electrons. The van der Waals surface area contributed by atoms with Gasteiger partial charge in [0.2, 0.25) is 0 Å². The number of methoxy groups -OCH3 is 2. The minimum Gasteiger partial charge on any atom is -0.465 e. The van der Waals surface area contributed by atoms with Gasteiger partial charge in [-0.25, -0.2) is 9.59 Å². The summed E-state index contributed by atoms with van der Waals surface area (Å²) in [5.41, 5.74) is 7.53. The van der Waals surface area contributed by atoms with Crippen LogP contribution in [-0.4, -0.2) is 26.2 Å². The van der Waals surface area contributed by atoms with Gasteiger partial charge in [-0.15, -0.1) is 0 Å². The second-order valence-electron chi connectivity index (χ2n) is 6.08. The molecule has 0 aliphatic rings. The fraction of sp³-hybridized carbons (Fsp3) is 0.333. The van der Waals surface area contributed by atoms with E-state index in [1.807, 2.05) is 51.1 Å². The van der Waals surface area contributed by atoms with Crippen LogP contribution in [0.3, 0.4) is 0 Å². The van der Waals surface area contributed by atoms with Crippen molar-refractivity contribution in [1.82, 2.24) is 0 Å². The van der Waals surface area contributed by atoms with Crippen LogP contribution >= 0.6 is 22.6 Å². The molecule has 0 aliphatic carbocycles. The van der Waals surface area contributed by atoms with Crippen LogP contribution < -0.4 is 5.73 Å². The molecule has 0 aliphatic heterocycles. The fourth-order valence-electron chi connectivity index (χ4n) is 2.25. The lowest BCUT2D eigenvalue weighted by Crippen LogP contribution is -2.22. The van der Waals surface area contributed by atoms with Gasteiger partial charge >= 0.3 is 11.9 Å². The topological polar surface area (TPSA) is 78.6 Å². The van der Waals surface area contributed by atoms with Gasteiger partial charge in [0, 0.05) is 3.58 Å². The lowest BCUT2D eigenvalue weighted by Gasteiger charge is -2.26. The van der Waals surface area contributed by atoms with E-state index in [0.717, 1.165) is 11.1 Å². The van der Waals surface area contributed by atoms with E-state index < -0.39 is 11.9 Å². The van der Waals surface area contributed by atoms with Gasteiger partial charge in [0.05, 0.1) is 19.9 Å². The first kappa shape index (κ1) is 20.2. The lowest BCUT2D eigenvalue weighted by atomic mass is 9.81. The van der Waals surface area contributed by atoms with E-state index in [1.165, 1.54) is 14.2 Å². The van der Waals surface area contributed by atoms with Crippen LogP contribution in [-0.2, 0) is 19.1 Å². The van der Waals surface area contributed by atoms with E-state index in [4.69, 9.17) is 5.73 Å². The maximum Gasteiger partial charge on any atom is 0.347 e. The van der Waals surface area contributed by atoms with Crippen molar-refractivity contribution in [3.63, 3.8) is 0 Å². The van der Waals surface area contributed by atoms with Crippen molar-refractivity contribution < 1.29 is 19.1 Å². The number of nitrogens with two attached hydrogens (primary N) is 1. The van der Waals surface area contributed by atoms with Gasteiger partial charge < -0.3 is 15.2 Å². The van der Waals surface area contributed by atoms with Crippen molar-refractivity contribution in [2.75, 3.05) is 14.2 Å². The molecule has 6 heteroatoms. The second-order valence-corrected chi connectivity index (χ2v) is 7.16. The van der Waals surface area contributed by atoms with Crippen molar-refractivity contribution >= 4 is 40.1 Å². The molecule has 0 saturated heterocycles. The number of carbonyl (C=O) groups excluding carboxylic acids is 2. The lowest BCUT2D eigenvalue weighted by molar-refractivity contribution is -0.144. The van der Waals surface area contributed by atoms with E-state index >= 15 is 0 Å². The molecule has 0 atom stereocenters. The smallest absolute Gasteiger partial charge is 0.347 e. The summed E-state index contributed by atoms with van der Waals surface area (Å²) < 4.78 is 9.96. The van der Waals surface area contributed by atoms with Gasteiger partial charge in [0.1, 0.15) is 0 Å². The van der Waals surface area contributed by atoms with E-state index in [-0.39, 0.29) is 16.7 Å². The Kier molecular flexibility index (Phi) is 7.01. The standard InChI is InChI=1S/C18H22INO4/c1-18(2,3)13(11-9-7-6-8-10-11)14(19)15(20)12(16(21)23-4)17(22)24-5/h6-10H,20H2,1-5H3/b14-13+. The summed E-state index contributed by atoms with van der Waals surface area (Å²) in [5, 5.41) is 0. The summed E-state index contributed by atoms with van der Waals surface area (Å²) in [7, 11) is 2.38. The summed E-state index contributed by atoms with van der Waals surface area (Å²) >= 11 is 2.05. The molecule has 0 aromatic heterocycles. The monoisotopic (exact) mass is 443 g/mol. The highest BCUT2D eigenvalue weighted by Crippen LogP contribution is 2.41. The minimum absolute atomic E-state index is 0.0445. The number of benzene rings is 1. The molecule has 130 valence electrons. The summed E-state index contributed by atoms with van der Waals surface area (Å²) in [6, 6.07) is 9.69. The number of hydrogen-bond acceptors (Lipinski definition) is 5. The van der Waals surface area contributed by atoms with Crippen molar-refractivity contribution in [1.29, 1.82) is 0 Å². The number of halogens is 1. The van der Waals surface area contributed by atoms with Crippen molar-refractivity contribution in [3.8, 4) is 0 Å². The molecule has 5 nitrogen and oxygen atoms in total. The first-order valence-electron chi connectivity index (χ1n) is 7.27. The Balaban J connectivity index is 3.72. The highest BCUT2D eigenvalue weighted by molar-refractivity contribution is 14.1. The van der Waals surface area contributed by atoms with E-state index in [9.17, 15) is 9.59 Å². The minimum atomic E-state index is -0.824. The van der Waals surface area contributed by atoms with Gasteiger partial charge in [0.25, 0.3) is 0 Å². The SMILES string of the molecule is COC(=O)C(C(=O)OC)=C(N)/C(I)=C(/c1ccccc1)C(C)(C)C. The molecule has 1 aromatic rings. The Morgan fingerprint density at radius 1 is 1.00 bits per heavy atom. The molecule has 1 rings (SSSR count). The summed E-state index contributed by atoms with van der Waals surface area (Å²) in [6.45, 7) is 6.12. The zero-order valence-corrected chi connectivity index (χ0v) is 16.6. The summed E-state index contributed by atoms with van der Waals surface area (Å²) in [5.74, 6) is -1.65. The summed E-state index contributed by atoms with van der Waals surface area (Å²) in [4.78, 5) is 24.0. The van der Waals surface area contributed by atoms with E-state index in [2.05, 4.69) is 32.1 Å². The van der Waals surface area contributed by atoms with Gasteiger partial charge in [-0.2, -0.15) is 0 Å². The Bertz CT molecular complexity index is 667. The number of ether oxygens (including phenoxy) is 2. The van der Waals surface area contributed by atoms with Gasteiger partial charge in [-0.3, -0.25) is 0 Å². The molecule has 24 heavy (non-hydrogen) atoms.